The fourth-order valence-electron chi connectivity index (χ4n) is 4.29. The Hall–Kier alpha value is -3.14. The van der Waals surface area contributed by atoms with Crippen LogP contribution in [0.1, 0.15) is 37.1 Å². The third-order valence-electron chi connectivity index (χ3n) is 6.40. The molecule has 0 bridgehead atoms. The summed E-state index contributed by atoms with van der Waals surface area (Å²) in [4.78, 5) is 23.8. The average Bonchev–Trinajstić information content (AvgIpc) is 3.02. The van der Waals surface area contributed by atoms with Gasteiger partial charge >= 0.3 is 0 Å². The van der Waals surface area contributed by atoms with Crippen LogP contribution in [0.4, 0.5) is 20.4 Å². The molecule has 0 radical (unpaired) electrons. The van der Waals surface area contributed by atoms with Crippen LogP contribution in [-0.2, 0) is 12.1 Å². The highest BCUT2D eigenvalue weighted by atomic mass is 35.5. The summed E-state index contributed by atoms with van der Waals surface area (Å²) in [6, 6.07) is 10.5. The van der Waals surface area contributed by atoms with E-state index in [0.717, 1.165) is 16.8 Å². The number of para-hydroxylation sites is 1. The van der Waals surface area contributed by atoms with E-state index in [4.69, 9.17) is 23.2 Å². The SMILES string of the molecule is CN1Cc2cc(Nc3ncc4c(=O)n(-c5c(Cl)cccc5Cl)nc(C(F)F)c4n3)ccc2C1(C)C. The van der Waals surface area contributed by atoms with Gasteiger partial charge in [-0.3, -0.25) is 9.69 Å². The lowest BCUT2D eigenvalue weighted by Gasteiger charge is -2.28. The monoisotopic (exact) mass is 516 g/mol. The maximum atomic E-state index is 14.0. The minimum absolute atomic E-state index is 0.0119. The van der Waals surface area contributed by atoms with Gasteiger partial charge in [0.15, 0.2) is 5.69 Å². The molecule has 2 aromatic heterocycles. The number of nitrogens with one attached hydrogen (secondary N) is 1. The number of aromatic nitrogens is 4. The lowest BCUT2D eigenvalue weighted by Crippen LogP contribution is -2.31. The van der Waals surface area contributed by atoms with Gasteiger partial charge in [-0.05, 0) is 56.3 Å². The quantitative estimate of drug-likeness (QED) is 0.367. The molecule has 5 rings (SSSR count). The largest absolute Gasteiger partial charge is 0.324 e. The van der Waals surface area contributed by atoms with Gasteiger partial charge in [-0.15, -0.1) is 0 Å². The van der Waals surface area contributed by atoms with Gasteiger partial charge in [-0.2, -0.15) is 9.78 Å². The van der Waals surface area contributed by atoms with Crippen LogP contribution < -0.4 is 10.9 Å². The highest BCUT2D eigenvalue weighted by Crippen LogP contribution is 2.38. The van der Waals surface area contributed by atoms with Gasteiger partial charge in [0.2, 0.25) is 5.95 Å². The van der Waals surface area contributed by atoms with Crippen molar-refractivity contribution in [1.29, 1.82) is 0 Å². The van der Waals surface area contributed by atoms with Crippen molar-refractivity contribution in [1.82, 2.24) is 24.6 Å². The number of nitrogens with zero attached hydrogens (tertiary/aromatic N) is 5. The van der Waals surface area contributed by atoms with Crippen molar-refractivity contribution in [3.63, 3.8) is 0 Å². The van der Waals surface area contributed by atoms with E-state index in [1.54, 1.807) is 6.07 Å². The van der Waals surface area contributed by atoms with E-state index >= 15 is 0 Å². The topological polar surface area (TPSA) is 75.9 Å². The number of hydrogen-bond donors (Lipinski definition) is 1. The molecule has 35 heavy (non-hydrogen) atoms. The van der Waals surface area contributed by atoms with Gasteiger partial charge in [0, 0.05) is 24.0 Å². The van der Waals surface area contributed by atoms with Crippen molar-refractivity contribution < 1.29 is 8.78 Å². The first-order chi connectivity index (χ1) is 16.6. The predicted molar refractivity (Wildman–Crippen MR) is 132 cm³/mol. The van der Waals surface area contributed by atoms with Crippen molar-refractivity contribution in [2.45, 2.75) is 32.4 Å². The molecule has 180 valence electrons. The maximum absolute atomic E-state index is 14.0. The molecule has 1 N–H and O–H groups in total. The first kappa shape index (κ1) is 23.6. The Morgan fingerprint density at radius 1 is 1.14 bits per heavy atom. The lowest BCUT2D eigenvalue weighted by atomic mass is 9.94. The van der Waals surface area contributed by atoms with Gasteiger partial charge in [0.05, 0.1) is 15.4 Å². The minimum atomic E-state index is -3.01. The second-order valence-electron chi connectivity index (χ2n) is 8.84. The fraction of sp³-hybridized carbons (Fsp3) is 0.250. The maximum Gasteiger partial charge on any atom is 0.284 e. The van der Waals surface area contributed by atoms with Gasteiger partial charge in [-0.25, -0.2) is 18.7 Å². The second-order valence-corrected chi connectivity index (χ2v) is 9.66. The van der Waals surface area contributed by atoms with Crippen molar-refractivity contribution in [3.05, 3.63) is 79.8 Å². The van der Waals surface area contributed by atoms with Gasteiger partial charge in [-0.1, -0.05) is 35.3 Å². The number of halogens is 4. The third-order valence-corrected chi connectivity index (χ3v) is 7.01. The number of anilines is 2. The molecule has 0 spiro atoms. The van der Waals surface area contributed by atoms with E-state index in [1.165, 1.54) is 23.9 Å². The fourth-order valence-corrected chi connectivity index (χ4v) is 4.84. The highest BCUT2D eigenvalue weighted by molar-refractivity contribution is 6.37. The Morgan fingerprint density at radius 2 is 1.86 bits per heavy atom. The first-order valence-electron chi connectivity index (χ1n) is 10.7. The van der Waals surface area contributed by atoms with Crippen molar-refractivity contribution >= 4 is 45.7 Å². The van der Waals surface area contributed by atoms with E-state index < -0.39 is 17.7 Å². The van der Waals surface area contributed by atoms with E-state index in [1.807, 2.05) is 18.2 Å². The molecule has 11 heteroatoms. The summed E-state index contributed by atoms with van der Waals surface area (Å²) in [7, 11) is 2.06. The Kier molecular flexibility index (Phi) is 5.74. The Balaban J connectivity index is 1.59. The summed E-state index contributed by atoms with van der Waals surface area (Å²) < 4.78 is 28.8. The minimum Gasteiger partial charge on any atom is -0.324 e. The Labute approximate surface area is 209 Å². The smallest absolute Gasteiger partial charge is 0.284 e. The molecule has 0 saturated heterocycles. The Bertz CT molecular complexity index is 1520. The van der Waals surface area contributed by atoms with Crippen LogP contribution in [0.2, 0.25) is 10.0 Å². The molecule has 4 aromatic rings. The predicted octanol–water partition coefficient (Wildman–Crippen LogP) is 5.84. The van der Waals surface area contributed by atoms with Crippen LogP contribution in [0.3, 0.4) is 0 Å². The summed E-state index contributed by atoms with van der Waals surface area (Å²) >= 11 is 12.4. The molecule has 0 atom stereocenters. The molecule has 0 fully saturated rings. The normalized spacial score (nSPS) is 15.1. The summed E-state index contributed by atoms with van der Waals surface area (Å²) in [6.07, 6.45) is -1.81. The number of rotatable bonds is 4. The van der Waals surface area contributed by atoms with Crippen LogP contribution in [-0.4, -0.2) is 31.7 Å². The molecule has 1 aliphatic rings. The summed E-state index contributed by atoms with van der Waals surface area (Å²) in [5, 5.41) is 6.98. The molecule has 0 saturated carbocycles. The molecular weight excluding hydrogens is 497 g/mol. The van der Waals surface area contributed by atoms with Gasteiger partial charge in [0.1, 0.15) is 11.2 Å². The van der Waals surface area contributed by atoms with Gasteiger partial charge in [0.25, 0.3) is 12.0 Å². The molecule has 1 aliphatic heterocycles. The van der Waals surface area contributed by atoms with Crippen LogP contribution in [0.5, 0.6) is 0 Å². The Morgan fingerprint density at radius 3 is 2.54 bits per heavy atom. The number of benzene rings is 2. The van der Waals surface area contributed by atoms with Crippen LogP contribution in [0.25, 0.3) is 16.6 Å². The average molecular weight is 517 g/mol. The zero-order chi connectivity index (χ0) is 25.1. The second kappa shape index (κ2) is 8.51. The molecular formula is C24H20Cl2F2N6O. The van der Waals surface area contributed by atoms with Crippen molar-refractivity contribution in [2.24, 2.45) is 0 Å². The lowest BCUT2D eigenvalue weighted by molar-refractivity contribution is 0.145. The standard InChI is InChI=1S/C24H20Cl2F2N6O/c1-24(2)15-8-7-13(9-12(15)11-33(24)3)30-23-29-10-14-18(31-23)19(21(27)28)32-34(22(14)35)20-16(25)5-4-6-17(20)26/h4-10,21H,11H2,1-3H3,(H,29,30,31). The van der Waals surface area contributed by atoms with Crippen LogP contribution >= 0.6 is 23.2 Å². The molecule has 7 nitrogen and oxygen atoms in total. The van der Waals surface area contributed by atoms with Crippen molar-refractivity contribution in [3.8, 4) is 5.69 Å². The third kappa shape index (κ3) is 3.93. The zero-order valence-electron chi connectivity index (χ0n) is 19.0. The first-order valence-corrected chi connectivity index (χ1v) is 11.5. The summed E-state index contributed by atoms with van der Waals surface area (Å²) in [6.45, 7) is 5.08. The van der Waals surface area contributed by atoms with E-state index in [9.17, 15) is 13.6 Å². The number of fused-ring (bicyclic) bond motifs is 2. The number of hydrogen-bond acceptors (Lipinski definition) is 6. The zero-order valence-corrected chi connectivity index (χ0v) is 20.5. The van der Waals surface area contributed by atoms with E-state index in [2.05, 4.69) is 46.2 Å². The molecule has 0 unspecified atom stereocenters. The summed E-state index contributed by atoms with van der Waals surface area (Å²) in [5.41, 5.74) is 1.35. The molecule has 0 aliphatic carbocycles. The van der Waals surface area contributed by atoms with Crippen LogP contribution in [0.15, 0.2) is 47.4 Å². The molecule has 2 aromatic carbocycles. The van der Waals surface area contributed by atoms with Gasteiger partial charge < -0.3 is 5.32 Å². The van der Waals surface area contributed by atoms with Crippen LogP contribution in [0, 0.1) is 0 Å². The highest BCUT2D eigenvalue weighted by Gasteiger charge is 2.34. The summed E-state index contributed by atoms with van der Waals surface area (Å²) in [5.74, 6) is 0.0692. The van der Waals surface area contributed by atoms with E-state index in [-0.39, 0.29) is 38.1 Å². The molecule has 3 heterocycles. The number of alkyl halides is 2. The van der Waals surface area contributed by atoms with E-state index in [0.29, 0.717) is 5.69 Å². The molecule has 0 amide bonds. The van der Waals surface area contributed by atoms with Crippen molar-refractivity contribution in [2.75, 3.05) is 12.4 Å².